The molecule has 78 valence electrons. The number of ether oxygens (including phenoxy) is 1. The summed E-state index contributed by atoms with van der Waals surface area (Å²) >= 11 is 0. The quantitative estimate of drug-likeness (QED) is 0.493. The van der Waals surface area contributed by atoms with Crippen molar-refractivity contribution in [2.75, 3.05) is 0 Å². The Morgan fingerprint density at radius 3 is 2.87 bits per heavy atom. The molecule has 0 spiro atoms. The van der Waals surface area contributed by atoms with E-state index >= 15 is 0 Å². The number of esters is 1. The van der Waals surface area contributed by atoms with Crippen LogP contribution in [0.1, 0.15) is 6.42 Å². The molecular formula is C12H12O3. The summed E-state index contributed by atoms with van der Waals surface area (Å²) in [5, 5.41) is 0. The molecule has 4 rings (SSSR count). The van der Waals surface area contributed by atoms with E-state index < -0.39 is 0 Å². The van der Waals surface area contributed by atoms with Gasteiger partial charge in [-0.1, -0.05) is 6.58 Å². The molecule has 0 amide bonds. The minimum Gasteiger partial charge on any atom is -0.461 e. The van der Waals surface area contributed by atoms with Crippen LogP contribution < -0.4 is 0 Å². The maximum Gasteiger partial charge on any atom is 0.309 e. The lowest BCUT2D eigenvalue weighted by atomic mass is 9.62. The van der Waals surface area contributed by atoms with Crippen LogP contribution in [-0.4, -0.2) is 17.9 Å². The predicted octanol–water partition coefficient (Wildman–Crippen LogP) is 0.795. The van der Waals surface area contributed by atoms with Crippen LogP contribution >= 0.6 is 0 Å². The first kappa shape index (κ1) is 8.08. The van der Waals surface area contributed by atoms with Crippen molar-refractivity contribution in [3.63, 3.8) is 0 Å². The molecule has 0 N–H and O–H groups in total. The Morgan fingerprint density at radius 2 is 2.20 bits per heavy atom. The highest BCUT2D eigenvalue weighted by atomic mass is 16.6. The van der Waals surface area contributed by atoms with Gasteiger partial charge in [0.15, 0.2) is 5.78 Å². The van der Waals surface area contributed by atoms with E-state index in [2.05, 4.69) is 6.58 Å². The highest BCUT2D eigenvalue weighted by Gasteiger charge is 2.78. The summed E-state index contributed by atoms with van der Waals surface area (Å²) in [4.78, 5) is 23.2. The largest absolute Gasteiger partial charge is 0.461 e. The van der Waals surface area contributed by atoms with Gasteiger partial charge in [0.2, 0.25) is 0 Å². The first-order chi connectivity index (χ1) is 7.24. The van der Waals surface area contributed by atoms with E-state index in [1.165, 1.54) is 6.08 Å². The Labute approximate surface area is 87.5 Å². The average molecular weight is 204 g/mol. The van der Waals surface area contributed by atoms with E-state index in [1.807, 2.05) is 0 Å². The van der Waals surface area contributed by atoms with Crippen LogP contribution in [-0.2, 0) is 14.3 Å². The lowest BCUT2D eigenvalue weighted by Crippen LogP contribution is -2.44. The third kappa shape index (κ3) is 0.638. The van der Waals surface area contributed by atoms with Crippen molar-refractivity contribution in [1.82, 2.24) is 0 Å². The summed E-state index contributed by atoms with van der Waals surface area (Å²) in [5.74, 6) is 2.10. The average Bonchev–Trinajstić information content (AvgIpc) is 2.81. The molecule has 1 aliphatic heterocycles. The third-order valence-corrected chi connectivity index (χ3v) is 5.10. The third-order valence-electron chi connectivity index (χ3n) is 5.10. The van der Waals surface area contributed by atoms with Gasteiger partial charge in [-0.05, 0) is 24.3 Å². The monoisotopic (exact) mass is 204 g/mol. The van der Waals surface area contributed by atoms with Crippen molar-refractivity contribution in [3.05, 3.63) is 12.7 Å². The fourth-order valence-electron chi connectivity index (χ4n) is 4.76. The second-order valence-corrected chi connectivity index (χ2v) is 5.27. The summed E-state index contributed by atoms with van der Waals surface area (Å²) in [7, 11) is 0. The molecule has 3 saturated carbocycles. The molecule has 1 saturated heterocycles. The molecule has 3 nitrogen and oxygen atoms in total. The second kappa shape index (κ2) is 2.18. The molecule has 4 bridgehead atoms. The van der Waals surface area contributed by atoms with Crippen molar-refractivity contribution in [1.29, 1.82) is 0 Å². The van der Waals surface area contributed by atoms with Crippen molar-refractivity contribution in [2.24, 2.45) is 35.5 Å². The van der Waals surface area contributed by atoms with Gasteiger partial charge in [-0.3, -0.25) is 9.59 Å². The molecule has 15 heavy (non-hydrogen) atoms. The Hall–Kier alpha value is -1.12. The summed E-state index contributed by atoms with van der Waals surface area (Å²) < 4.78 is 5.39. The fourth-order valence-corrected chi connectivity index (χ4v) is 4.76. The van der Waals surface area contributed by atoms with E-state index in [0.717, 1.165) is 6.42 Å². The predicted molar refractivity (Wildman–Crippen MR) is 50.6 cm³/mol. The van der Waals surface area contributed by atoms with Gasteiger partial charge >= 0.3 is 5.97 Å². The van der Waals surface area contributed by atoms with Crippen LogP contribution in [0.15, 0.2) is 12.7 Å². The summed E-state index contributed by atoms with van der Waals surface area (Å²) in [6, 6.07) is 0. The van der Waals surface area contributed by atoms with Crippen LogP contribution in [0.2, 0.25) is 0 Å². The number of fused-ring (bicyclic) bond motifs is 1. The molecular weight excluding hydrogens is 192 g/mol. The van der Waals surface area contributed by atoms with Crippen LogP contribution in [0.25, 0.3) is 0 Å². The number of carbonyl (C=O) groups is 2. The zero-order chi connectivity index (χ0) is 10.3. The molecule has 3 aliphatic carbocycles. The van der Waals surface area contributed by atoms with E-state index in [4.69, 9.17) is 4.74 Å². The number of carbonyl (C=O) groups excluding carboxylic acids is 2. The zero-order valence-electron chi connectivity index (χ0n) is 8.26. The Balaban J connectivity index is 1.74. The number of ketones is 1. The molecule has 0 aromatic carbocycles. The lowest BCUT2D eigenvalue weighted by Gasteiger charge is -2.41. The van der Waals surface area contributed by atoms with Crippen molar-refractivity contribution < 1.29 is 14.3 Å². The molecule has 4 fully saturated rings. The molecule has 0 aromatic rings. The lowest BCUT2D eigenvalue weighted by molar-refractivity contribution is -0.147. The smallest absolute Gasteiger partial charge is 0.309 e. The Morgan fingerprint density at radius 1 is 1.40 bits per heavy atom. The Bertz CT molecular complexity index is 394. The van der Waals surface area contributed by atoms with Crippen molar-refractivity contribution >= 4 is 11.8 Å². The molecule has 0 radical (unpaired) electrons. The number of rotatable bonds is 2. The molecule has 7 unspecified atom stereocenters. The first-order valence-electron chi connectivity index (χ1n) is 5.61. The zero-order valence-corrected chi connectivity index (χ0v) is 8.26. The molecule has 7 atom stereocenters. The van der Waals surface area contributed by atoms with Gasteiger partial charge in [0.05, 0.1) is 5.92 Å². The van der Waals surface area contributed by atoms with Gasteiger partial charge in [-0.2, -0.15) is 0 Å². The number of allylic oxidation sites excluding steroid dienone is 1. The number of hydrogen-bond donors (Lipinski definition) is 0. The van der Waals surface area contributed by atoms with Gasteiger partial charge < -0.3 is 4.74 Å². The normalized spacial score (nSPS) is 57.6. The summed E-state index contributed by atoms with van der Waals surface area (Å²) in [6.45, 7) is 3.55. The van der Waals surface area contributed by atoms with E-state index in [0.29, 0.717) is 23.7 Å². The van der Waals surface area contributed by atoms with E-state index in [-0.39, 0.29) is 29.7 Å². The van der Waals surface area contributed by atoms with Crippen LogP contribution in [0.3, 0.4) is 0 Å². The van der Waals surface area contributed by atoms with Gasteiger partial charge in [0.25, 0.3) is 0 Å². The van der Waals surface area contributed by atoms with Gasteiger partial charge in [-0.25, -0.2) is 0 Å². The SMILES string of the molecule is C=CC(=O)C1C2C3CC4C(=O)OC2C4C31. The van der Waals surface area contributed by atoms with Crippen LogP contribution in [0.4, 0.5) is 0 Å². The van der Waals surface area contributed by atoms with Gasteiger partial charge in [-0.15, -0.1) is 0 Å². The van der Waals surface area contributed by atoms with Crippen molar-refractivity contribution in [3.8, 4) is 0 Å². The minimum absolute atomic E-state index is 0.00972. The summed E-state index contributed by atoms with van der Waals surface area (Å²) in [6.07, 6.45) is 2.47. The molecule has 4 aliphatic rings. The molecule has 3 heteroatoms. The van der Waals surface area contributed by atoms with Crippen LogP contribution in [0, 0.1) is 35.5 Å². The van der Waals surface area contributed by atoms with Gasteiger partial charge in [0, 0.05) is 17.8 Å². The topological polar surface area (TPSA) is 43.4 Å². The van der Waals surface area contributed by atoms with Crippen LogP contribution in [0.5, 0.6) is 0 Å². The minimum atomic E-state index is -0.00972. The Kier molecular flexibility index (Phi) is 1.17. The van der Waals surface area contributed by atoms with E-state index in [1.54, 1.807) is 0 Å². The molecule has 1 heterocycles. The maximum atomic E-state index is 11.7. The van der Waals surface area contributed by atoms with Gasteiger partial charge in [0.1, 0.15) is 6.10 Å². The highest BCUT2D eigenvalue weighted by molar-refractivity contribution is 5.94. The maximum absolute atomic E-state index is 11.7. The molecule has 0 aromatic heterocycles. The highest BCUT2D eigenvalue weighted by Crippen LogP contribution is 2.73. The summed E-state index contributed by atoms with van der Waals surface area (Å²) in [5.41, 5.74) is 0. The number of hydrogen-bond acceptors (Lipinski definition) is 3. The second-order valence-electron chi connectivity index (χ2n) is 5.27. The fraction of sp³-hybridized carbons (Fsp3) is 0.667. The van der Waals surface area contributed by atoms with E-state index in [9.17, 15) is 9.59 Å². The van der Waals surface area contributed by atoms with Crippen molar-refractivity contribution in [2.45, 2.75) is 12.5 Å². The standard InChI is InChI=1S/C12H12O3/c1-2-6(13)10-7-4-3-5-9(7)11(8(4)10)15-12(5)14/h2,4-5,7-11H,1,3H2. The first-order valence-corrected chi connectivity index (χ1v) is 5.61.